The van der Waals surface area contributed by atoms with Crippen molar-refractivity contribution in [3.05, 3.63) is 0 Å². The fourth-order valence-corrected chi connectivity index (χ4v) is 2.65. The monoisotopic (exact) mass is 213 g/mol. The van der Waals surface area contributed by atoms with E-state index in [0.717, 1.165) is 12.8 Å². The fourth-order valence-electron chi connectivity index (χ4n) is 0.863. The van der Waals surface area contributed by atoms with E-state index in [9.17, 15) is 8.42 Å². The smallest absolute Gasteiger partial charge is 0.151 e. The van der Waals surface area contributed by atoms with Crippen LogP contribution in [0.5, 0.6) is 0 Å². The van der Waals surface area contributed by atoms with Gasteiger partial charge in [-0.2, -0.15) is 0 Å². The van der Waals surface area contributed by atoms with E-state index in [1.54, 1.807) is 0 Å². The zero-order valence-corrected chi connectivity index (χ0v) is 8.70. The lowest BCUT2D eigenvalue weighted by Gasteiger charge is -2.00. The quantitative estimate of drug-likeness (QED) is 0.502. The molecule has 0 aliphatic carbocycles. The van der Waals surface area contributed by atoms with Crippen LogP contribution in [0, 0.1) is 0 Å². The standard InChI is InChI=1S/C7H16ClNO2S/c8-4-7-12(10,11)6-3-1-2-5-9/h1-7,9H2. The molecule has 0 spiro atoms. The van der Waals surface area contributed by atoms with Gasteiger partial charge in [-0.1, -0.05) is 6.42 Å². The molecule has 12 heavy (non-hydrogen) atoms. The maximum absolute atomic E-state index is 11.1. The largest absolute Gasteiger partial charge is 0.330 e. The third kappa shape index (κ3) is 6.88. The zero-order valence-electron chi connectivity index (χ0n) is 7.13. The van der Waals surface area contributed by atoms with Crippen LogP contribution >= 0.6 is 11.6 Å². The molecule has 0 aliphatic rings. The summed E-state index contributed by atoms with van der Waals surface area (Å²) in [5.41, 5.74) is 5.27. The number of unbranched alkanes of at least 4 members (excludes halogenated alkanes) is 2. The summed E-state index contributed by atoms with van der Waals surface area (Å²) in [5, 5.41) is 0. The summed E-state index contributed by atoms with van der Waals surface area (Å²) >= 11 is 5.33. The molecule has 0 atom stereocenters. The van der Waals surface area contributed by atoms with Crippen molar-refractivity contribution in [1.82, 2.24) is 0 Å². The minimum atomic E-state index is -2.88. The molecule has 0 aliphatic heterocycles. The second-order valence-electron chi connectivity index (χ2n) is 2.69. The zero-order chi connectivity index (χ0) is 9.45. The van der Waals surface area contributed by atoms with E-state index in [4.69, 9.17) is 17.3 Å². The molecule has 0 unspecified atom stereocenters. The topological polar surface area (TPSA) is 60.2 Å². The van der Waals surface area contributed by atoms with Crippen LogP contribution in [0.3, 0.4) is 0 Å². The van der Waals surface area contributed by atoms with Crippen molar-refractivity contribution in [2.75, 3.05) is 23.9 Å². The minimum absolute atomic E-state index is 0.0944. The van der Waals surface area contributed by atoms with Gasteiger partial charge >= 0.3 is 0 Å². The molecule has 0 saturated heterocycles. The van der Waals surface area contributed by atoms with Crippen LogP contribution in [-0.2, 0) is 9.84 Å². The highest BCUT2D eigenvalue weighted by Crippen LogP contribution is 2.00. The summed E-state index contributed by atoms with van der Waals surface area (Å²) in [6.07, 6.45) is 2.49. The fraction of sp³-hybridized carbons (Fsp3) is 1.00. The van der Waals surface area contributed by atoms with Crippen molar-refractivity contribution in [3.63, 3.8) is 0 Å². The van der Waals surface area contributed by atoms with Crippen molar-refractivity contribution in [3.8, 4) is 0 Å². The Morgan fingerprint density at radius 1 is 1.08 bits per heavy atom. The lowest BCUT2D eigenvalue weighted by molar-refractivity contribution is 0.591. The van der Waals surface area contributed by atoms with Crippen molar-refractivity contribution >= 4 is 21.4 Å². The van der Waals surface area contributed by atoms with Crippen LogP contribution in [-0.4, -0.2) is 32.3 Å². The van der Waals surface area contributed by atoms with Gasteiger partial charge in [-0.3, -0.25) is 0 Å². The predicted octanol–water partition coefficient (Wildman–Crippen LogP) is 0.769. The van der Waals surface area contributed by atoms with E-state index in [-0.39, 0.29) is 17.4 Å². The lowest BCUT2D eigenvalue weighted by Crippen LogP contribution is -2.12. The molecule has 0 radical (unpaired) electrons. The average molecular weight is 214 g/mol. The van der Waals surface area contributed by atoms with Crippen LogP contribution in [0.2, 0.25) is 0 Å². The van der Waals surface area contributed by atoms with Crippen LogP contribution in [0.4, 0.5) is 0 Å². The van der Waals surface area contributed by atoms with Crippen molar-refractivity contribution in [2.24, 2.45) is 5.73 Å². The van der Waals surface area contributed by atoms with Crippen molar-refractivity contribution in [1.29, 1.82) is 0 Å². The molecule has 5 heteroatoms. The maximum Gasteiger partial charge on any atom is 0.151 e. The van der Waals surface area contributed by atoms with E-state index in [1.165, 1.54) is 0 Å². The Hall–Kier alpha value is 0.200. The first-order valence-electron chi connectivity index (χ1n) is 4.09. The third-order valence-electron chi connectivity index (χ3n) is 1.55. The van der Waals surface area contributed by atoms with E-state index in [2.05, 4.69) is 0 Å². The molecule has 0 saturated carbocycles. The SMILES string of the molecule is NCCCCCS(=O)(=O)CCCl. The van der Waals surface area contributed by atoms with Gasteiger partial charge in [-0.05, 0) is 19.4 Å². The van der Waals surface area contributed by atoms with Gasteiger partial charge in [0, 0.05) is 5.88 Å². The number of sulfone groups is 1. The highest BCUT2D eigenvalue weighted by Gasteiger charge is 2.08. The molecule has 74 valence electrons. The molecule has 3 nitrogen and oxygen atoms in total. The molecular formula is C7H16ClNO2S. The molecule has 0 bridgehead atoms. The summed E-state index contributed by atoms with van der Waals surface area (Å²) in [6.45, 7) is 0.634. The normalized spacial score (nSPS) is 11.8. The summed E-state index contributed by atoms with van der Waals surface area (Å²) in [5.74, 6) is 0.538. The average Bonchev–Trinajstić information content (AvgIpc) is 1.98. The first-order chi connectivity index (χ1) is 5.62. The molecule has 0 aromatic carbocycles. The number of hydrogen-bond donors (Lipinski definition) is 1. The number of alkyl halides is 1. The number of hydrogen-bond acceptors (Lipinski definition) is 3. The van der Waals surface area contributed by atoms with Gasteiger partial charge in [0.15, 0.2) is 9.84 Å². The highest BCUT2D eigenvalue weighted by atomic mass is 35.5. The summed E-state index contributed by atoms with van der Waals surface area (Å²) in [4.78, 5) is 0. The minimum Gasteiger partial charge on any atom is -0.330 e. The van der Waals surface area contributed by atoms with Gasteiger partial charge in [-0.15, -0.1) is 11.6 Å². The Bertz CT molecular complexity index is 192. The van der Waals surface area contributed by atoms with Crippen LogP contribution < -0.4 is 5.73 Å². The molecule has 0 rings (SSSR count). The number of nitrogens with two attached hydrogens (primary N) is 1. The van der Waals surface area contributed by atoms with Gasteiger partial charge in [0.25, 0.3) is 0 Å². The summed E-state index contributed by atoms with van der Waals surface area (Å²) in [6, 6.07) is 0. The van der Waals surface area contributed by atoms with E-state index in [1.807, 2.05) is 0 Å². The van der Waals surface area contributed by atoms with Gasteiger partial charge in [0.1, 0.15) is 0 Å². The summed E-state index contributed by atoms with van der Waals surface area (Å²) < 4.78 is 22.2. The molecule has 0 amide bonds. The molecule has 0 fully saturated rings. The second kappa shape index (κ2) is 6.69. The van der Waals surface area contributed by atoms with Crippen molar-refractivity contribution in [2.45, 2.75) is 19.3 Å². The first kappa shape index (κ1) is 12.2. The van der Waals surface area contributed by atoms with Crippen LogP contribution in [0.25, 0.3) is 0 Å². The first-order valence-corrected chi connectivity index (χ1v) is 6.44. The van der Waals surface area contributed by atoms with Gasteiger partial charge in [0.05, 0.1) is 11.5 Å². The van der Waals surface area contributed by atoms with Gasteiger partial charge in [-0.25, -0.2) is 8.42 Å². The molecule has 0 heterocycles. The Labute approximate surface area is 79.2 Å². The Morgan fingerprint density at radius 3 is 2.25 bits per heavy atom. The Balaban J connectivity index is 3.48. The van der Waals surface area contributed by atoms with Crippen LogP contribution in [0.1, 0.15) is 19.3 Å². The Morgan fingerprint density at radius 2 is 1.75 bits per heavy atom. The third-order valence-corrected chi connectivity index (χ3v) is 3.70. The maximum atomic E-state index is 11.1. The predicted molar refractivity (Wildman–Crippen MR) is 52.3 cm³/mol. The highest BCUT2D eigenvalue weighted by molar-refractivity contribution is 7.91. The Kier molecular flexibility index (Phi) is 6.80. The molecule has 0 aromatic rings. The van der Waals surface area contributed by atoms with E-state index >= 15 is 0 Å². The van der Waals surface area contributed by atoms with Gasteiger partial charge in [0.2, 0.25) is 0 Å². The summed E-state index contributed by atoms with van der Waals surface area (Å²) in [7, 11) is -2.88. The van der Waals surface area contributed by atoms with Crippen LogP contribution in [0.15, 0.2) is 0 Å². The van der Waals surface area contributed by atoms with Crippen molar-refractivity contribution < 1.29 is 8.42 Å². The molecule has 0 aromatic heterocycles. The van der Waals surface area contributed by atoms with E-state index in [0.29, 0.717) is 13.0 Å². The lowest BCUT2D eigenvalue weighted by atomic mass is 10.2. The van der Waals surface area contributed by atoms with E-state index < -0.39 is 9.84 Å². The second-order valence-corrected chi connectivity index (χ2v) is 5.37. The number of rotatable bonds is 7. The molecule has 2 N–H and O–H groups in total. The molecular weight excluding hydrogens is 198 g/mol. The van der Waals surface area contributed by atoms with Gasteiger partial charge < -0.3 is 5.73 Å². The number of halogens is 1.